The third-order valence-corrected chi connectivity index (χ3v) is 3.01. The zero-order valence-electron chi connectivity index (χ0n) is 10.4. The number of carbonyl (C=O) groups excluding carboxylic acids is 1. The normalized spacial score (nSPS) is 10.0. The van der Waals surface area contributed by atoms with Crippen LogP contribution in [0.5, 0.6) is 11.5 Å². The van der Waals surface area contributed by atoms with E-state index in [4.69, 9.17) is 21.1 Å². The van der Waals surface area contributed by atoms with Gasteiger partial charge in [0, 0.05) is 0 Å². The summed E-state index contributed by atoms with van der Waals surface area (Å²) < 4.78 is 10.7. The summed E-state index contributed by atoms with van der Waals surface area (Å²) in [6.45, 7) is 0.366. The number of hydrogen-bond acceptors (Lipinski definition) is 3. The maximum atomic E-state index is 11.0. The van der Waals surface area contributed by atoms with Gasteiger partial charge in [0.2, 0.25) is 0 Å². The Balaban J connectivity index is 2.09. The molecule has 19 heavy (non-hydrogen) atoms. The summed E-state index contributed by atoms with van der Waals surface area (Å²) >= 11 is 5.92. The molecule has 0 aliphatic rings. The Morgan fingerprint density at radius 3 is 2.53 bits per heavy atom. The average Bonchev–Trinajstić information content (AvgIpc) is 2.45. The van der Waals surface area contributed by atoms with E-state index in [-0.39, 0.29) is 0 Å². The lowest BCUT2D eigenvalue weighted by atomic mass is 10.2. The maximum Gasteiger partial charge on any atom is 0.155 e. The van der Waals surface area contributed by atoms with Gasteiger partial charge >= 0.3 is 0 Å². The molecule has 4 heteroatoms. The molecule has 0 bridgehead atoms. The summed E-state index contributed by atoms with van der Waals surface area (Å²) in [6, 6.07) is 12.7. The molecule has 2 rings (SSSR count). The summed E-state index contributed by atoms with van der Waals surface area (Å²) in [7, 11) is 1.62. The minimum absolute atomic E-state index is 0.366. The number of aldehydes is 1. The molecule has 0 aliphatic carbocycles. The van der Waals surface area contributed by atoms with E-state index in [1.165, 1.54) is 0 Å². The van der Waals surface area contributed by atoms with Crippen molar-refractivity contribution >= 4 is 17.9 Å². The molecular formula is C15H13ClO3. The summed E-state index contributed by atoms with van der Waals surface area (Å²) in [6.07, 6.45) is 0.700. The van der Waals surface area contributed by atoms with Crippen molar-refractivity contribution in [3.05, 3.63) is 58.6 Å². The number of carbonyl (C=O) groups is 1. The highest BCUT2D eigenvalue weighted by Gasteiger charge is 2.07. The molecule has 0 unspecified atom stereocenters. The highest BCUT2D eigenvalue weighted by atomic mass is 35.5. The van der Waals surface area contributed by atoms with Gasteiger partial charge in [-0.25, -0.2) is 0 Å². The van der Waals surface area contributed by atoms with Crippen LogP contribution in [0.4, 0.5) is 0 Å². The molecule has 0 heterocycles. The Labute approximate surface area is 116 Å². The van der Waals surface area contributed by atoms with Gasteiger partial charge in [-0.3, -0.25) is 4.79 Å². The van der Waals surface area contributed by atoms with Crippen LogP contribution in [0.25, 0.3) is 0 Å². The Hall–Kier alpha value is -2.00. The fourth-order valence-corrected chi connectivity index (χ4v) is 1.85. The number of hydrogen-bond donors (Lipinski definition) is 0. The van der Waals surface area contributed by atoms with Gasteiger partial charge in [-0.15, -0.1) is 0 Å². The van der Waals surface area contributed by atoms with Crippen molar-refractivity contribution in [1.82, 2.24) is 0 Å². The van der Waals surface area contributed by atoms with Gasteiger partial charge in [-0.05, 0) is 29.8 Å². The Bertz CT molecular complexity index is 564. The molecule has 2 aromatic rings. The van der Waals surface area contributed by atoms with E-state index in [1.54, 1.807) is 25.3 Å². The Morgan fingerprint density at radius 2 is 1.89 bits per heavy atom. The second kappa shape index (κ2) is 6.25. The lowest BCUT2D eigenvalue weighted by Gasteiger charge is -2.09. The van der Waals surface area contributed by atoms with Crippen LogP contribution < -0.4 is 9.47 Å². The number of benzene rings is 2. The van der Waals surface area contributed by atoms with Gasteiger partial charge in [0.25, 0.3) is 0 Å². The van der Waals surface area contributed by atoms with Crippen molar-refractivity contribution in [2.45, 2.75) is 6.61 Å². The van der Waals surface area contributed by atoms with Crippen LogP contribution in [0, 0.1) is 0 Å². The van der Waals surface area contributed by atoms with Crippen LogP contribution in [0.2, 0.25) is 5.02 Å². The first-order chi connectivity index (χ1) is 9.24. The molecule has 0 saturated carbocycles. The van der Waals surface area contributed by atoms with E-state index in [0.717, 1.165) is 11.3 Å². The average molecular weight is 277 g/mol. The molecule has 0 atom stereocenters. The second-order valence-electron chi connectivity index (χ2n) is 3.91. The molecular weight excluding hydrogens is 264 g/mol. The molecule has 3 nitrogen and oxygen atoms in total. The third-order valence-electron chi connectivity index (χ3n) is 2.68. The summed E-state index contributed by atoms with van der Waals surface area (Å²) in [5.41, 5.74) is 1.36. The van der Waals surface area contributed by atoms with Gasteiger partial charge in [0.1, 0.15) is 18.1 Å². The Kier molecular flexibility index (Phi) is 4.42. The lowest BCUT2D eigenvalue weighted by Crippen LogP contribution is -1.98. The van der Waals surface area contributed by atoms with E-state index in [1.807, 2.05) is 24.3 Å². The standard InChI is InChI=1S/C15H13ClO3/c1-18-12-7-5-11(6-8-12)10-19-15-4-2-3-14(16)13(15)9-17/h2-9H,10H2,1H3. The maximum absolute atomic E-state index is 11.0. The topological polar surface area (TPSA) is 35.5 Å². The summed E-state index contributed by atoms with van der Waals surface area (Å²) in [5.74, 6) is 1.28. The highest BCUT2D eigenvalue weighted by Crippen LogP contribution is 2.25. The van der Waals surface area contributed by atoms with Gasteiger partial charge in [0.05, 0.1) is 17.7 Å². The van der Waals surface area contributed by atoms with E-state index < -0.39 is 0 Å². The second-order valence-corrected chi connectivity index (χ2v) is 4.31. The predicted octanol–water partition coefficient (Wildman–Crippen LogP) is 3.74. The van der Waals surface area contributed by atoms with Crippen LogP contribution in [0.3, 0.4) is 0 Å². The smallest absolute Gasteiger partial charge is 0.155 e. The van der Waals surface area contributed by atoms with Crippen molar-refractivity contribution in [3.63, 3.8) is 0 Å². The fraction of sp³-hybridized carbons (Fsp3) is 0.133. The fourth-order valence-electron chi connectivity index (χ4n) is 1.64. The summed E-state index contributed by atoms with van der Waals surface area (Å²) in [4.78, 5) is 11.0. The van der Waals surface area contributed by atoms with E-state index in [2.05, 4.69) is 0 Å². The first-order valence-corrected chi connectivity index (χ1v) is 6.12. The zero-order chi connectivity index (χ0) is 13.7. The minimum atomic E-state index is 0.366. The van der Waals surface area contributed by atoms with Crippen LogP contribution in [0.1, 0.15) is 15.9 Å². The molecule has 0 saturated heterocycles. The molecule has 0 fully saturated rings. The zero-order valence-corrected chi connectivity index (χ0v) is 11.2. The van der Waals surface area contributed by atoms with Crippen molar-refractivity contribution in [2.24, 2.45) is 0 Å². The van der Waals surface area contributed by atoms with Crippen molar-refractivity contribution in [2.75, 3.05) is 7.11 Å². The SMILES string of the molecule is COc1ccc(COc2cccc(Cl)c2C=O)cc1. The number of ether oxygens (including phenoxy) is 2. The Morgan fingerprint density at radius 1 is 1.16 bits per heavy atom. The van der Waals surface area contributed by atoms with Crippen LogP contribution >= 0.6 is 11.6 Å². The van der Waals surface area contributed by atoms with Crippen LogP contribution in [-0.2, 0) is 6.61 Å². The molecule has 0 aliphatic heterocycles. The van der Waals surface area contributed by atoms with Crippen molar-refractivity contribution in [1.29, 1.82) is 0 Å². The first kappa shape index (κ1) is 13.4. The number of rotatable bonds is 5. The van der Waals surface area contributed by atoms with E-state index in [0.29, 0.717) is 29.2 Å². The van der Waals surface area contributed by atoms with E-state index >= 15 is 0 Å². The molecule has 2 aromatic carbocycles. The predicted molar refractivity (Wildman–Crippen MR) is 74.2 cm³/mol. The van der Waals surface area contributed by atoms with Gasteiger partial charge in [0.15, 0.2) is 6.29 Å². The number of halogens is 1. The summed E-state index contributed by atoms with van der Waals surface area (Å²) in [5, 5.41) is 0.391. The first-order valence-electron chi connectivity index (χ1n) is 5.74. The van der Waals surface area contributed by atoms with Crippen molar-refractivity contribution < 1.29 is 14.3 Å². The van der Waals surface area contributed by atoms with Crippen LogP contribution in [0.15, 0.2) is 42.5 Å². The van der Waals surface area contributed by atoms with Crippen molar-refractivity contribution in [3.8, 4) is 11.5 Å². The van der Waals surface area contributed by atoms with Gasteiger partial charge < -0.3 is 9.47 Å². The molecule has 98 valence electrons. The van der Waals surface area contributed by atoms with Crippen LogP contribution in [-0.4, -0.2) is 13.4 Å². The monoisotopic (exact) mass is 276 g/mol. The minimum Gasteiger partial charge on any atom is -0.497 e. The van der Waals surface area contributed by atoms with Gasteiger partial charge in [-0.1, -0.05) is 29.8 Å². The van der Waals surface area contributed by atoms with Gasteiger partial charge in [-0.2, -0.15) is 0 Å². The van der Waals surface area contributed by atoms with E-state index in [9.17, 15) is 4.79 Å². The largest absolute Gasteiger partial charge is 0.497 e. The molecule has 0 amide bonds. The number of methoxy groups -OCH3 is 1. The lowest BCUT2D eigenvalue weighted by molar-refractivity contribution is 0.111. The quantitative estimate of drug-likeness (QED) is 0.781. The molecule has 0 spiro atoms. The molecule has 0 aromatic heterocycles. The molecule has 0 N–H and O–H groups in total. The third kappa shape index (κ3) is 3.26. The highest BCUT2D eigenvalue weighted by molar-refractivity contribution is 6.33. The molecule has 0 radical (unpaired) electrons.